The highest BCUT2D eigenvalue weighted by Crippen LogP contribution is 2.19. The molecule has 0 saturated heterocycles. The Morgan fingerprint density at radius 2 is 2.22 bits per heavy atom. The topological polar surface area (TPSA) is 67.9 Å². The molecule has 0 fully saturated rings. The standard InChI is InChI=1S/C12H12BN5/c13-11-12(16-6-10(14)17-11)18-5-3-9-8(7-18)2-1-4-15-9/h1-2,4,6H,3,5,7H2,(H2,14,17). The van der Waals surface area contributed by atoms with E-state index in [0.29, 0.717) is 17.2 Å². The lowest BCUT2D eigenvalue weighted by Crippen LogP contribution is -2.36. The quantitative estimate of drug-likeness (QED) is 0.696. The molecule has 2 radical (unpaired) electrons. The van der Waals surface area contributed by atoms with Crippen LogP contribution in [0.15, 0.2) is 24.5 Å². The first-order valence-electron chi connectivity index (χ1n) is 5.80. The molecule has 2 aromatic rings. The molecule has 2 aromatic heterocycles. The van der Waals surface area contributed by atoms with Crippen LogP contribution in [-0.2, 0) is 13.0 Å². The fraction of sp³-hybridized carbons (Fsp3) is 0.250. The van der Waals surface area contributed by atoms with Gasteiger partial charge in [0.25, 0.3) is 0 Å². The first kappa shape index (κ1) is 11.0. The fourth-order valence-corrected chi connectivity index (χ4v) is 2.20. The number of rotatable bonds is 1. The van der Waals surface area contributed by atoms with E-state index in [1.54, 1.807) is 0 Å². The van der Waals surface area contributed by atoms with E-state index in [2.05, 4.69) is 25.9 Å². The number of fused-ring (bicyclic) bond motifs is 1. The van der Waals surface area contributed by atoms with Gasteiger partial charge in [-0.25, -0.2) is 9.97 Å². The predicted molar refractivity (Wildman–Crippen MR) is 70.8 cm³/mol. The number of pyridine rings is 1. The smallest absolute Gasteiger partial charge is 0.147 e. The van der Waals surface area contributed by atoms with Crippen LogP contribution in [0.5, 0.6) is 0 Å². The molecule has 0 saturated carbocycles. The molecule has 0 aliphatic carbocycles. The maximum Gasteiger partial charge on any atom is 0.147 e. The molecule has 88 valence electrons. The van der Waals surface area contributed by atoms with Crippen molar-refractivity contribution in [2.45, 2.75) is 13.0 Å². The first-order chi connectivity index (χ1) is 8.74. The molecular formula is C12H12BN5. The van der Waals surface area contributed by atoms with Crippen molar-refractivity contribution in [1.82, 2.24) is 15.0 Å². The van der Waals surface area contributed by atoms with Crippen molar-refractivity contribution in [2.75, 3.05) is 17.2 Å². The Morgan fingerprint density at radius 1 is 1.33 bits per heavy atom. The van der Waals surface area contributed by atoms with Gasteiger partial charge >= 0.3 is 0 Å². The van der Waals surface area contributed by atoms with Gasteiger partial charge in [-0.15, -0.1) is 0 Å². The average Bonchev–Trinajstić information content (AvgIpc) is 2.38. The van der Waals surface area contributed by atoms with Crippen molar-refractivity contribution in [1.29, 1.82) is 0 Å². The van der Waals surface area contributed by atoms with Crippen LogP contribution in [0, 0.1) is 0 Å². The van der Waals surface area contributed by atoms with Crippen LogP contribution in [0.4, 0.5) is 11.6 Å². The van der Waals surface area contributed by atoms with Gasteiger partial charge in [-0.2, -0.15) is 0 Å². The molecule has 2 N–H and O–H groups in total. The van der Waals surface area contributed by atoms with E-state index < -0.39 is 0 Å². The number of nitrogen functional groups attached to an aromatic ring is 1. The molecule has 6 heteroatoms. The molecule has 3 rings (SSSR count). The summed E-state index contributed by atoms with van der Waals surface area (Å²) in [5.41, 5.74) is 8.29. The van der Waals surface area contributed by atoms with Crippen molar-refractivity contribution in [3.63, 3.8) is 0 Å². The van der Waals surface area contributed by atoms with Crippen molar-refractivity contribution < 1.29 is 0 Å². The van der Waals surface area contributed by atoms with E-state index in [-0.39, 0.29) is 0 Å². The number of aromatic nitrogens is 3. The van der Waals surface area contributed by atoms with Gasteiger partial charge < -0.3 is 10.6 Å². The number of nitrogens with zero attached hydrogens (tertiary/aromatic N) is 4. The zero-order valence-electron chi connectivity index (χ0n) is 9.87. The minimum absolute atomic E-state index is 0.343. The second-order valence-electron chi connectivity index (χ2n) is 4.28. The molecule has 1 aliphatic rings. The van der Waals surface area contributed by atoms with Crippen LogP contribution in [0.1, 0.15) is 11.3 Å². The summed E-state index contributed by atoms with van der Waals surface area (Å²) >= 11 is 0. The molecule has 0 aromatic carbocycles. The maximum atomic E-state index is 5.86. The Bertz CT molecular complexity index is 586. The number of anilines is 2. The van der Waals surface area contributed by atoms with Gasteiger partial charge in [-0.1, -0.05) is 6.07 Å². The van der Waals surface area contributed by atoms with Crippen LogP contribution in [0.25, 0.3) is 0 Å². The summed E-state index contributed by atoms with van der Waals surface area (Å²) in [4.78, 5) is 14.8. The molecule has 18 heavy (non-hydrogen) atoms. The van der Waals surface area contributed by atoms with Gasteiger partial charge in [0.15, 0.2) is 0 Å². The van der Waals surface area contributed by atoms with Crippen LogP contribution >= 0.6 is 0 Å². The summed E-state index contributed by atoms with van der Waals surface area (Å²) in [6.07, 6.45) is 4.25. The zero-order valence-corrected chi connectivity index (χ0v) is 9.87. The lowest BCUT2D eigenvalue weighted by atomic mass is 10.0. The Morgan fingerprint density at radius 3 is 3.06 bits per heavy atom. The van der Waals surface area contributed by atoms with Gasteiger partial charge in [-0.05, 0) is 11.6 Å². The maximum absolute atomic E-state index is 5.86. The van der Waals surface area contributed by atoms with Crippen molar-refractivity contribution in [3.8, 4) is 0 Å². The summed E-state index contributed by atoms with van der Waals surface area (Å²) in [6.45, 7) is 1.60. The Balaban J connectivity index is 1.92. The summed E-state index contributed by atoms with van der Waals surface area (Å²) in [6, 6.07) is 4.02. The van der Waals surface area contributed by atoms with Crippen LogP contribution < -0.4 is 16.2 Å². The largest absolute Gasteiger partial charge is 0.382 e. The highest BCUT2D eigenvalue weighted by Gasteiger charge is 2.19. The summed E-state index contributed by atoms with van der Waals surface area (Å²) in [5, 5.41) is 0. The Labute approximate surface area is 106 Å². The third kappa shape index (κ3) is 1.90. The van der Waals surface area contributed by atoms with Crippen LogP contribution in [0.2, 0.25) is 0 Å². The lowest BCUT2D eigenvalue weighted by molar-refractivity contribution is 0.703. The zero-order chi connectivity index (χ0) is 12.5. The van der Waals surface area contributed by atoms with E-state index in [1.807, 2.05) is 12.3 Å². The molecule has 0 atom stereocenters. The average molecular weight is 237 g/mol. The van der Waals surface area contributed by atoms with Gasteiger partial charge in [0.05, 0.1) is 6.20 Å². The van der Waals surface area contributed by atoms with E-state index in [1.165, 1.54) is 11.8 Å². The summed E-state index contributed by atoms with van der Waals surface area (Å²) in [5.74, 6) is 1.04. The minimum atomic E-state index is 0.343. The number of nitrogens with two attached hydrogens (primary N) is 1. The predicted octanol–water partition coefficient (Wildman–Crippen LogP) is -0.190. The second-order valence-corrected chi connectivity index (χ2v) is 4.28. The third-order valence-electron chi connectivity index (χ3n) is 3.06. The molecule has 3 heterocycles. The summed E-state index contributed by atoms with van der Waals surface area (Å²) < 4.78 is 0. The highest BCUT2D eigenvalue weighted by atomic mass is 15.2. The molecule has 0 amide bonds. The van der Waals surface area contributed by atoms with Gasteiger partial charge in [0, 0.05) is 37.0 Å². The van der Waals surface area contributed by atoms with E-state index >= 15 is 0 Å². The second kappa shape index (κ2) is 4.29. The van der Waals surface area contributed by atoms with Crippen molar-refractivity contribution in [2.24, 2.45) is 0 Å². The van der Waals surface area contributed by atoms with E-state index in [9.17, 15) is 0 Å². The van der Waals surface area contributed by atoms with E-state index in [0.717, 1.165) is 25.2 Å². The van der Waals surface area contributed by atoms with Gasteiger partial charge in [-0.3, -0.25) is 4.98 Å². The lowest BCUT2D eigenvalue weighted by Gasteiger charge is -2.29. The number of hydrogen-bond acceptors (Lipinski definition) is 5. The normalized spacial score (nSPS) is 14.3. The van der Waals surface area contributed by atoms with Crippen molar-refractivity contribution in [3.05, 3.63) is 35.8 Å². The van der Waals surface area contributed by atoms with Crippen LogP contribution in [0.3, 0.4) is 0 Å². The van der Waals surface area contributed by atoms with Gasteiger partial charge in [0.2, 0.25) is 0 Å². The summed E-state index contributed by atoms with van der Waals surface area (Å²) in [7, 11) is 5.86. The van der Waals surface area contributed by atoms with Gasteiger partial charge in [0.1, 0.15) is 19.5 Å². The van der Waals surface area contributed by atoms with Crippen molar-refractivity contribution >= 4 is 25.1 Å². The highest BCUT2D eigenvalue weighted by molar-refractivity contribution is 6.33. The Kier molecular flexibility index (Phi) is 2.62. The minimum Gasteiger partial charge on any atom is -0.382 e. The SMILES string of the molecule is [B]c1nc(N)cnc1N1CCc2ncccc2C1. The monoisotopic (exact) mass is 237 g/mol. The van der Waals surface area contributed by atoms with Crippen LogP contribution in [-0.4, -0.2) is 29.3 Å². The van der Waals surface area contributed by atoms with E-state index in [4.69, 9.17) is 13.6 Å². The molecule has 0 bridgehead atoms. The first-order valence-corrected chi connectivity index (χ1v) is 5.80. The third-order valence-corrected chi connectivity index (χ3v) is 3.06. The number of hydrogen-bond donors (Lipinski definition) is 1. The fourth-order valence-electron chi connectivity index (χ4n) is 2.20. The Hall–Kier alpha value is -2.11. The molecule has 1 aliphatic heterocycles. The molecular weight excluding hydrogens is 225 g/mol. The molecule has 5 nitrogen and oxygen atoms in total. The molecule has 0 unspecified atom stereocenters. The molecule has 0 spiro atoms.